The summed E-state index contributed by atoms with van der Waals surface area (Å²) in [6, 6.07) is 3.49. The minimum Gasteiger partial charge on any atom is -0.486 e. The normalized spacial score (nSPS) is 15.2. The van der Waals surface area contributed by atoms with E-state index >= 15 is 0 Å². The largest absolute Gasteiger partial charge is 0.486 e. The average Bonchev–Trinajstić information content (AvgIpc) is 3.40. The number of amides is 1. The van der Waals surface area contributed by atoms with E-state index in [0.29, 0.717) is 24.5 Å². The molecular weight excluding hydrogens is 386 g/mol. The topological polar surface area (TPSA) is 82.1 Å². The first-order chi connectivity index (χ1) is 14.1. The molecule has 1 aliphatic rings. The Hall–Kier alpha value is -3.17. The molecule has 8 nitrogen and oxygen atoms in total. The first-order valence-corrected chi connectivity index (χ1v) is 9.27. The Morgan fingerprint density at radius 3 is 2.86 bits per heavy atom. The quantitative estimate of drug-likeness (QED) is 0.623. The van der Waals surface area contributed by atoms with E-state index in [1.54, 1.807) is 27.9 Å². The van der Waals surface area contributed by atoms with E-state index in [-0.39, 0.29) is 18.6 Å². The van der Waals surface area contributed by atoms with Crippen molar-refractivity contribution in [1.29, 1.82) is 0 Å². The summed E-state index contributed by atoms with van der Waals surface area (Å²) in [4.78, 5) is 17.8. The molecule has 1 aliphatic heterocycles. The number of rotatable bonds is 6. The molecule has 0 radical (unpaired) electrons. The van der Waals surface area contributed by atoms with Gasteiger partial charge in [-0.25, -0.2) is 23.1 Å². The van der Waals surface area contributed by atoms with Crippen molar-refractivity contribution in [1.82, 2.24) is 19.5 Å². The van der Waals surface area contributed by atoms with Gasteiger partial charge >= 0.3 is 6.09 Å². The number of hydrogen-bond donors (Lipinski definition) is 0. The van der Waals surface area contributed by atoms with Crippen LogP contribution in [0.15, 0.2) is 41.6 Å². The van der Waals surface area contributed by atoms with Gasteiger partial charge in [-0.1, -0.05) is 0 Å². The van der Waals surface area contributed by atoms with Crippen molar-refractivity contribution in [3.8, 4) is 5.75 Å². The van der Waals surface area contributed by atoms with Crippen molar-refractivity contribution < 1.29 is 27.5 Å². The van der Waals surface area contributed by atoms with Crippen molar-refractivity contribution >= 4 is 11.6 Å². The summed E-state index contributed by atoms with van der Waals surface area (Å²) in [7, 11) is 0. The van der Waals surface area contributed by atoms with Gasteiger partial charge in [0, 0.05) is 18.7 Å². The molecule has 0 atom stereocenters. The van der Waals surface area contributed by atoms with Crippen LogP contribution in [0.1, 0.15) is 30.0 Å². The van der Waals surface area contributed by atoms with Crippen molar-refractivity contribution in [3.05, 3.63) is 48.4 Å². The molecule has 4 rings (SSSR count). The standard InChI is InChI=1S/C19H20F2N4O4/c20-18(21)11-28-15-1-2-17-16(7-23-25(17)8-15)13-3-5-24(6-4-13)19(26)29-10-14-9-27-12-22-14/h1-2,7-9,12-13,18H,3-6,10-11H2. The molecule has 1 saturated heterocycles. The minimum atomic E-state index is -2.52. The van der Waals surface area contributed by atoms with Gasteiger partial charge in [0.1, 0.15) is 30.9 Å². The molecule has 1 fully saturated rings. The molecule has 0 unspecified atom stereocenters. The molecule has 1 amide bonds. The second-order valence-electron chi connectivity index (χ2n) is 6.79. The van der Waals surface area contributed by atoms with Gasteiger partial charge < -0.3 is 18.8 Å². The molecule has 29 heavy (non-hydrogen) atoms. The number of aromatic nitrogens is 3. The maximum absolute atomic E-state index is 12.3. The first kappa shape index (κ1) is 19.2. The fourth-order valence-electron chi connectivity index (χ4n) is 3.45. The number of carbonyl (C=O) groups excluding carboxylic acids is 1. The van der Waals surface area contributed by atoms with Crippen molar-refractivity contribution in [2.75, 3.05) is 19.7 Å². The van der Waals surface area contributed by atoms with Crippen molar-refractivity contribution in [2.24, 2.45) is 0 Å². The Morgan fingerprint density at radius 2 is 2.14 bits per heavy atom. The van der Waals surface area contributed by atoms with Gasteiger partial charge in [-0.05, 0) is 30.9 Å². The lowest BCUT2D eigenvalue weighted by molar-refractivity contribution is 0.0816. The Kier molecular flexibility index (Phi) is 5.59. The molecule has 3 aromatic rings. The predicted molar refractivity (Wildman–Crippen MR) is 96.9 cm³/mol. The third-order valence-corrected chi connectivity index (χ3v) is 4.91. The maximum Gasteiger partial charge on any atom is 0.410 e. The van der Waals surface area contributed by atoms with Gasteiger partial charge in [-0.2, -0.15) is 5.10 Å². The van der Waals surface area contributed by atoms with Crippen LogP contribution >= 0.6 is 0 Å². The maximum atomic E-state index is 12.3. The van der Waals surface area contributed by atoms with Crippen LogP contribution < -0.4 is 4.74 Å². The van der Waals surface area contributed by atoms with E-state index < -0.39 is 13.0 Å². The highest BCUT2D eigenvalue weighted by atomic mass is 19.3. The number of ether oxygens (including phenoxy) is 2. The van der Waals surface area contributed by atoms with E-state index in [2.05, 4.69) is 10.1 Å². The van der Waals surface area contributed by atoms with Gasteiger partial charge in [-0.15, -0.1) is 0 Å². The molecule has 0 saturated carbocycles. The summed E-state index contributed by atoms with van der Waals surface area (Å²) >= 11 is 0. The van der Waals surface area contributed by atoms with E-state index in [1.807, 2.05) is 6.07 Å². The minimum absolute atomic E-state index is 0.0826. The Labute approximate surface area is 165 Å². The number of hydrogen-bond acceptors (Lipinski definition) is 6. The number of nitrogens with zero attached hydrogens (tertiary/aromatic N) is 4. The fraction of sp³-hybridized carbons (Fsp3) is 0.421. The van der Waals surface area contributed by atoms with Crippen LogP contribution in [0, 0.1) is 0 Å². The number of halogens is 2. The predicted octanol–water partition coefficient (Wildman–Crippen LogP) is 3.48. The molecule has 0 N–H and O–H groups in total. The zero-order chi connectivity index (χ0) is 20.2. The van der Waals surface area contributed by atoms with Crippen LogP contribution in [-0.2, 0) is 11.3 Å². The third-order valence-electron chi connectivity index (χ3n) is 4.91. The highest BCUT2D eigenvalue weighted by Gasteiger charge is 2.26. The highest BCUT2D eigenvalue weighted by Crippen LogP contribution is 2.31. The van der Waals surface area contributed by atoms with Crippen LogP contribution in [0.3, 0.4) is 0 Å². The monoisotopic (exact) mass is 406 g/mol. The number of likely N-dealkylation sites (tertiary alicyclic amines) is 1. The smallest absolute Gasteiger partial charge is 0.410 e. The summed E-state index contributed by atoms with van der Waals surface area (Å²) < 4.78 is 41.4. The molecule has 0 aliphatic carbocycles. The number of pyridine rings is 1. The summed E-state index contributed by atoms with van der Waals surface area (Å²) in [6.07, 6.45) is 4.79. The number of fused-ring (bicyclic) bond motifs is 1. The van der Waals surface area contributed by atoms with Gasteiger partial charge in [-0.3, -0.25) is 0 Å². The van der Waals surface area contributed by atoms with E-state index in [1.165, 1.54) is 12.7 Å². The van der Waals surface area contributed by atoms with Crippen LogP contribution in [0.5, 0.6) is 5.75 Å². The molecule has 154 valence electrons. The Morgan fingerprint density at radius 1 is 1.31 bits per heavy atom. The number of carbonyl (C=O) groups is 1. The highest BCUT2D eigenvalue weighted by molar-refractivity contribution is 5.68. The van der Waals surface area contributed by atoms with Gasteiger partial charge in [0.05, 0.1) is 17.9 Å². The molecule has 0 spiro atoms. The van der Waals surface area contributed by atoms with Gasteiger partial charge in [0.15, 0.2) is 6.39 Å². The summed E-state index contributed by atoms with van der Waals surface area (Å²) in [5, 5.41) is 4.32. The van der Waals surface area contributed by atoms with Crippen LogP contribution in [0.2, 0.25) is 0 Å². The van der Waals surface area contributed by atoms with Crippen molar-refractivity contribution in [3.63, 3.8) is 0 Å². The Balaban J connectivity index is 1.34. The molecule has 3 aromatic heterocycles. The van der Waals surface area contributed by atoms with Gasteiger partial charge in [0.25, 0.3) is 6.43 Å². The van der Waals surface area contributed by atoms with Crippen molar-refractivity contribution in [2.45, 2.75) is 31.8 Å². The molecule has 0 bridgehead atoms. The van der Waals surface area contributed by atoms with E-state index in [0.717, 1.165) is 23.9 Å². The average molecular weight is 406 g/mol. The zero-order valence-corrected chi connectivity index (χ0v) is 15.5. The van der Waals surface area contributed by atoms with Crippen LogP contribution in [-0.4, -0.2) is 51.7 Å². The number of alkyl halides is 2. The molecular formula is C19H20F2N4O4. The first-order valence-electron chi connectivity index (χ1n) is 9.27. The third kappa shape index (κ3) is 4.47. The van der Waals surface area contributed by atoms with E-state index in [9.17, 15) is 13.6 Å². The van der Waals surface area contributed by atoms with Crippen LogP contribution in [0.25, 0.3) is 5.52 Å². The second-order valence-corrected chi connectivity index (χ2v) is 6.79. The summed E-state index contributed by atoms with van der Waals surface area (Å²) in [6.45, 7) is 0.592. The summed E-state index contributed by atoms with van der Waals surface area (Å²) in [5.74, 6) is 0.594. The lowest BCUT2D eigenvalue weighted by Gasteiger charge is -2.31. The lowest BCUT2D eigenvalue weighted by Crippen LogP contribution is -2.38. The molecule has 4 heterocycles. The van der Waals surface area contributed by atoms with Crippen LogP contribution in [0.4, 0.5) is 13.6 Å². The van der Waals surface area contributed by atoms with E-state index in [4.69, 9.17) is 13.9 Å². The number of piperidine rings is 1. The molecule has 10 heteroatoms. The summed E-state index contributed by atoms with van der Waals surface area (Å²) in [5.41, 5.74) is 2.54. The SMILES string of the molecule is O=C(OCc1cocn1)N1CCC(c2cnn3cc(OCC(F)F)ccc23)CC1. The fourth-order valence-corrected chi connectivity index (χ4v) is 3.45. The zero-order valence-electron chi connectivity index (χ0n) is 15.5. The Bertz CT molecular complexity index is 952. The second kappa shape index (κ2) is 8.46. The molecule has 0 aromatic carbocycles. The van der Waals surface area contributed by atoms with Gasteiger partial charge in [0.2, 0.25) is 0 Å². The lowest BCUT2D eigenvalue weighted by atomic mass is 9.90. The number of oxazole rings is 1.